The lowest BCUT2D eigenvalue weighted by molar-refractivity contribution is -0.113. The van der Waals surface area contributed by atoms with Crippen molar-refractivity contribution in [1.29, 1.82) is 0 Å². The number of amides is 2. The number of aryl methyl sites for hydroxylation is 1. The number of phenolic OH excluding ortho intramolecular Hbond substituents is 1. The van der Waals surface area contributed by atoms with E-state index in [0.29, 0.717) is 17.0 Å². The van der Waals surface area contributed by atoms with E-state index in [9.17, 15) is 23.1 Å². The second-order valence-electron chi connectivity index (χ2n) is 7.44. The van der Waals surface area contributed by atoms with Crippen LogP contribution >= 0.6 is 11.6 Å². The quantitative estimate of drug-likeness (QED) is 0.310. The average Bonchev–Trinajstić information content (AvgIpc) is 2.81. The molecule has 0 aliphatic heterocycles. The first-order chi connectivity index (χ1) is 16.6. The molecule has 0 aliphatic carbocycles. The molecule has 11 heteroatoms. The van der Waals surface area contributed by atoms with E-state index in [0.717, 1.165) is 5.56 Å². The van der Waals surface area contributed by atoms with Crippen LogP contribution in [-0.4, -0.2) is 44.4 Å². The van der Waals surface area contributed by atoms with Crippen LogP contribution in [0.3, 0.4) is 0 Å². The minimum absolute atomic E-state index is 0.0348. The highest BCUT2D eigenvalue weighted by molar-refractivity contribution is 7.92. The topological polar surface area (TPSA) is 134 Å². The summed E-state index contributed by atoms with van der Waals surface area (Å²) in [5, 5.41) is 15.9. The van der Waals surface area contributed by atoms with Crippen molar-refractivity contribution in [3.63, 3.8) is 0 Å². The molecule has 0 radical (unpaired) electrons. The summed E-state index contributed by atoms with van der Waals surface area (Å²) < 4.78 is 30.3. The number of sulfone groups is 1. The Morgan fingerprint density at radius 3 is 2.46 bits per heavy atom. The molecule has 0 bridgehead atoms. The van der Waals surface area contributed by atoms with Crippen molar-refractivity contribution in [2.75, 3.05) is 18.2 Å². The predicted molar refractivity (Wildman–Crippen MR) is 133 cm³/mol. The van der Waals surface area contributed by atoms with Gasteiger partial charge in [-0.25, -0.2) is 13.8 Å². The Kier molecular flexibility index (Phi) is 8.10. The summed E-state index contributed by atoms with van der Waals surface area (Å²) in [6, 6.07) is 14.9. The van der Waals surface area contributed by atoms with Crippen molar-refractivity contribution in [3.8, 4) is 11.5 Å². The van der Waals surface area contributed by atoms with Gasteiger partial charge in [0.05, 0.1) is 23.2 Å². The Morgan fingerprint density at radius 2 is 1.80 bits per heavy atom. The Balaban J connectivity index is 1.65. The number of ether oxygens (including phenoxy) is 1. The highest BCUT2D eigenvalue weighted by atomic mass is 35.5. The second-order valence-corrected chi connectivity index (χ2v) is 9.84. The van der Waals surface area contributed by atoms with Gasteiger partial charge in [0.15, 0.2) is 9.84 Å². The third-order valence-corrected chi connectivity index (χ3v) is 6.73. The summed E-state index contributed by atoms with van der Waals surface area (Å²) in [5.74, 6) is -1.77. The minimum Gasteiger partial charge on any atom is -0.506 e. The van der Waals surface area contributed by atoms with Crippen molar-refractivity contribution in [2.24, 2.45) is 5.10 Å². The zero-order valence-electron chi connectivity index (χ0n) is 18.8. The van der Waals surface area contributed by atoms with E-state index >= 15 is 0 Å². The van der Waals surface area contributed by atoms with Crippen molar-refractivity contribution in [1.82, 2.24) is 5.43 Å². The number of phenols is 1. The van der Waals surface area contributed by atoms with Gasteiger partial charge in [-0.2, -0.15) is 5.10 Å². The molecule has 0 aromatic heterocycles. The fraction of sp³-hybridized carbons (Fsp3) is 0.125. The van der Waals surface area contributed by atoms with Crippen molar-refractivity contribution >= 4 is 45.2 Å². The van der Waals surface area contributed by atoms with Crippen molar-refractivity contribution in [2.45, 2.75) is 11.8 Å². The number of hydrazone groups is 1. The van der Waals surface area contributed by atoms with Gasteiger partial charge in [0.25, 0.3) is 5.91 Å². The molecular formula is C24H22ClN3O6S. The molecule has 0 spiro atoms. The number of hydrogen-bond donors (Lipinski definition) is 3. The molecule has 0 aliphatic rings. The van der Waals surface area contributed by atoms with Crippen LogP contribution in [-0.2, 0) is 14.6 Å². The normalized spacial score (nSPS) is 11.3. The first kappa shape index (κ1) is 25.7. The van der Waals surface area contributed by atoms with Gasteiger partial charge in [-0.3, -0.25) is 9.59 Å². The van der Waals surface area contributed by atoms with E-state index < -0.39 is 27.4 Å². The number of aromatic hydroxyl groups is 1. The monoisotopic (exact) mass is 515 g/mol. The standard InChI is InChI=1S/C24H22ClN3O6S/c1-15-3-8-19(9-4-15)35(32,33)14-23(30)27-18-7-5-17(22(12-18)34-2)13-26-28-24(31)16-6-10-21(29)20(25)11-16/h3-13,29H,14H2,1-2H3,(H,27,30)(H,28,31). The number of carbonyl (C=O) groups is 2. The Hall–Kier alpha value is -3.89. The molecule has 9 nitrogen and oxygen atoms in total. The summed E-state index contributed by atoms with van der Waals surface area (Å²) in [6.07, 6.45) is 1.34. The lowest BCUT2D eigenvalue weighted by Crippen LogP contribution is -2.23. The molecule has 0 unspecified atom stereocenters. The molecule has 2 amide bonds. The number of nitrogens with one attached hydrogen (secondary N) is 2. The lowest BCUT2D eigenvalue weighted by atomic mass is 10.2. The van der Waals surface area contributed by atoms with Gasteiger partial charge in [0.2, 0.25) is 5.91 Å². The van der Waals surface area contributed by atoms with E-state index in [1.54, 1.807) is 24.3 Å². The minimum atomic E-state index is -3.80. The fourth-order valence-corrected chi connectivity index (χ4v) is 4.28. The van der Waals surface area contributed by atoms with E-state index in [1.807, 2.05) is 6.92 Å². The number of halogens is 1. The van der Waals surface area contributed by atoms with Gasteiger partial charge in [-0.05, 0) is 49.4 Å². The number of methoxy groups -OCH3 is 1. The van der Waals surface area contributed by atoms with E-state index in [-0.39, 0.29) is 21.2 Å². The van der Waals surface area contributed by atoms with Crippen molar-refractivity contribution in [3.05, 3.63) is 82.4 Å². The van der Waals surface area contributed by atoms with Crippen LogP contribution in [0.15, 0.2) is 70.7 Å². The number of anilines is 1. The largest absolute Gasteiger partial charge is 0.506 e. The first-order valence-corrected chi connectivity index (χ1v) is 12.2. The molecule has 0 heterocycles. The van der Waals surface area contributed by atoms with Crippen LogP contribution in [0, 0.1) is 6.92 Å². The maximum absolute atomic E-state index is 12.5. The van der Waals surface area contributed by atoms with Gasteiger partial charge in [-0.1, -0.05) is 29.3 Å². The molecular weight excluding hydrogens is 494 g/mol. The fourth-order valence-electron chi connectivity index (χ4n) is 2.97. The zero-order chi connectivity index (χ0) is 25.6. The van der Waals surface area contributed by atoms with Gasteiger partial charge in [0.1, 0.15) is 17.3 Å². The average molecular weight is 516 g/mol. The Labute approximate surface area is 207 Å². The van der Waals surface area contributed by atoms with Crippen LogP contribution in [0.2, 0.25) is 5.02 Å². The molecule has 0 saturated carbocycles. The Morgan fingerprint density at radius 1 is 1.09 bits per heavy atom. The summed E-state index contributed by atoms with van der Waals surface area (Å²) in [7, 11) is -2.38. The molecule has 35 heavy (non-hydrogen) atoms. The van der Waals surface area contributed by atoms with Crippen molar-refractivity contribution < 1.29 is 27.9 Å². The highest BCUT2D eigenvalue weighted by Gasteiger charge is 2.19. The summed E-state index contributed by atoms with van der Waals surface area (Å²) in [4.78, 5) is 24.6. The third-order valence-electron chi connectivity index (χ3n) is 4.80. The number of nitrogens with zero attached hydrogens (tertiary/aromatic N) is 1. The van der Waals surface area contributed by atoms with Crippen LogP contribution in [0.25, 0.3) is 0 Å². The van der Waals surface area contributed by atoms with Gasteiger partial charge in [0, 0.05) is 22.9 Å². The van der Waals surface area contributed by atoms with Crippen LogP contribution in [0.1, 0.15) is 21.5 Å². The molecule has 0 atom stereocenters. The number of benzene rings is 3. The first-order valence-electron chi connectivity index (χ1n) is 10.2. The van der Waals surface area contributed by atoms with Gasteiger partial charge >= 0.3 is 0 Å². The number of carbonyl (C=O) groups excluding carboxylic acids is 2. The zero-order valence-corrected chi connectivity index (χ0v) is 20.4. The smallest absolute Gasteiger partial charge is 0.271 e. The number of rotatable bonds is 8. The van der Waals surface area contributed by atoms with Crippen LogP contribution in [0.4, 0.5) is 5.69 Å². The highest BCUT2D eigenvalue weighted by Crippen LogP contribution is 2.24. The summed E-state index contributed by atoms with van der Waals surface area (Å²) in [5.41, 5.74) is 4.26. The summed E-state index contributed by atoms with van der Waals surface area (Å²) in [6.45, 7) is 1.84. The Bertz CT molecular complexity index is 1390. The van der Waals surface area contributed by atoms with Crippen LogP contribution in [0.5, 0.6) is 11.5 Å². The second kappa shape index (κ2) is 11.0. The SMILES string of the molecule is COc1cc(NC(=O)CS(=O)(=O)c2ccc(C)cc2)ccc1C=NNC(=O)c1ccc(O)c(Cl)c1. The van der Waals surface area contributed by atoms with E-state index in [1.165, 1.54) is 49.7 Å². The summed E-state index contributed by atoms with van der Waals surface area (Å²) >= 11 is 5.80. The molecule has 0 saturated heterocycles. The molecule has 3 aromatic rings. The van der Waals surface area contributed by atoms with Crippen LogP contribution < -0.4 is 15.5 Å². The maximum atomic E-state index is 12.5. The van der Waals surface area contributed by atoms with E-state index in [2.05, 4.69) is 15.8 Å². The molecule has 3 aromatic carbocycles. The molecule has 182 valence electrons. The van der Waals surface area contributed by atoms with Gasteiger partial charge in [-0.15, -0.1) is 0 Å². The molecule has 0 fully saturated rings. The molecule has 3 N–H and O–H groups in total. The molecule has 3 rings (SSSR count). The van der Waals surface area contributed by atoms with E-state index in [4.69, 9.17) is 16.3 Å². The number of hydrogen-bond acceptors (Lipinski definition) is 7. The predicted octanol–water partition coefficient (Wildman–Crippen LogP) is 3.54. The maximum Gasteiger partial charge on any atom is 0.271 e. The third kappa shape index (κ3) is 6.81. The van der Waals surface area contributed by atoms with Gasteiger partial charge < -0.3 is 15.2 Å². The lowest BCUT2D eigenvalue weighted by Gasteiger charge is -2.10.